The van der Waals surface area contributed by atoms with E-state index in [0.29, 0.717) is 23.4 Å². The van der Waals surface area contributed by atoms with Crippen LogP contribution in [0.2, 0.25) is 0 Å². The Bertz CT molecular complexity index is 1190. The summed E-state index contributed by atoms with van der Waals surface area (Å²) in [4.78, 5) is 39.8. The van der Waals surface area contributed by atoms with Gasteiger partial charge in [-0.1, -0.05) is 12.1 Å². The second kappa shape index (κ2) is 10.3. The number of hydrogen-bond acceptors (Lipinski definition) is 7. The van der Waals surface area contributed by atoms with Gasteiger partial charge in [0, 0.05) is 36.8 Å². The molecule has 2 amide bonds. The number of amides is 2. The summed E-state index contributed by atoms with van der Waals surface area (Å²) in [6.45, 7) is 3.07. The van der Waals surface area contributed by atoms with Crippen LogP contribution in [-0.4, -0.2) is 44.7 Å². The van der Waals surface area contributed by atoms with Gasteiger partial charge in [0.2, 0.25) is 5.91 Å². The van der Waals surface area contributed by atoms with Crippen molar-refractivity contribution in [1.29, 1.82) is 0 Å². The van der Waals surface area contributed by atoms with Gasteiger partial charge in [0.05, 0.1) is 4.90 Å². The molecule has 1 aliphatic heterocycles. The lowest BCUT2D eigenvalue weighted by Crippen LogP contribution is -2.30. The highest BCUT2D eigenvalue weighted by atomic mass is 32.2. The first-order valence-electron chi connectivity index (χ1n) is 10.2. The summed E-state index contributed by atoms with van der Waals surface area (Å²) in [5.74, 6) is -1.01. The molecule has 0 unspecified atom stereocenters. The van der Waals surface area contributed by atoms with Crippen LogP contribution in [0.25, 0.3) is 0 Å². The molecule has 10 nitrogen and oxygen atoms in total. The molecule has 1 heterocycles. The van der Waals surface area contributed by atoms with Crippen LogP contribution in [-0.2, 0) is 29.1 Å². The molecule has 1 atom stereocenters. The predicted molar refractivity (Wildman–Crippen MR) is 122 cm³/mol. The lowest BCUT2D eigenvalue weighted by atomic mass is 10.2. The van der Waals surface area contributed by atoms with Crippen molar-refractivity contribution in [2.24, 2.45) is 4.99 Å². The van der Waals surface area contributed by atoms with Gasteiger partial charge in [-0.2, -0.15) is 0 Å². The van der Waals surface area contributed by atoms with Gasteiger partial charge >= 0.3 is 5.97 Å². The number of carbonyl (C=O) groups excluding carboxylic acids is 3. The molecule has 0 bridgehead atoms. The first kappa shape index (κ1) is 23.9. The normalized spacial score (nSPS) is 15.8. The highest BCUT2D eigenvalue weighted by Crippen LogP contribution is 2.22. The summed E-state index contributed by atoms with van der Waals surface area (Å²) in [6.07, 6.45) is -0.660. The minimum absolute atomic E-state index is 0.0220. The minimum Gasteiger partial charge on any atom is -0.453 e. The molecule has 0 aliphatic carbocycles. The Balaban J connectivity index is 1.44. The van der Waals surface area contributed by atoms with E-state index in [1.165, 1.54) is 19.9 Å². The Hall–Kier alpha value is -3.73. The van der Waals surface area contributed by atoms with E-state index in [-0.39, 0.29) is 29.6 Å². The number of amidine groups is 1. The van der Waals surface area contributed by atoms with Crippen molar-refractivity contribution in [3.63, 3.8) is 0 Å². The van der Waals surface area contributed by atoms with Gasteiger partial charge in [0.1, 0.15) is 5.84 Å². The number of esters is 1. The molecule has 2 aromatic carbocycles. The monoisotopic (exact) mass is 472 g/mol. The van der Waals surface area contributed by atoms with Gasteiger partial charge in [-0.05, 0) is 49.7 Å². The van der Waals surface area contributed by atoms with Crippen LogP contribution in [0.4, 0.5) is 11.4 Å². The lowest BCUT2D eigenvalue weighted by Gasteiger charge is -2.13. The van der Waals surface area contributed by atoms with Crippen molar-refractivity contribution in [3.05, 3.63) is 54.1 Å². The molecule has 0 spiro atoms. The zero-order valence-corrected chi connectivity index (χ0v) is 18.9. The maximum absolute atomic E-state index is 12.2. The molecule has 0 saturated carbocycles. The van der Waals surface area contributed by atoms with E-state index < -0.39 is 28.0 Å². The number of anilines is 2. The number of sulfonamides is 1. The number of ether oxygens (including phenoxy) is 1. The molecule has 11 heteroatoms. The highest BCUT2D eigenvalue weighted by Gasteiger charge is 2.29. The molecular formula is C22H24N4O6S. The molecule has 1 aliphatic rings. The van der Waals surface area contributed by atoms with Crippen LogP contribution in [0.1, 0.15) is 32.3 Å². The first-order chi connectivity index (χ1) is 15.7. The van der Waals surface area contributed by atoms with Gasteiger partial charge in [-0.15, -0.1) is 0 Å². The number of carbonyl (C=O) groups is 3. The number of rotatable bonds is 8. The number of aliphatic imine (C=N–C) groups is 1. The second-order valence-corrected chi connectivity index (χ2v) is 8.97. The second-order valence-electron chi connectivity index (χ2n) is 7.32. The van der Waals surface area contributed by atoms with Gasteiger partial charge in [-0.25, -0.2) is 8.42 Å². The van der Waals surface area contributed by atoms with Crippen molar-refractivity contribution >= 4 is 45.0 Å². The van der Waals surface area contributed by atoms with E-state index in [9.17, 15) is 22.8 Å². The Kier molecular flexibility index (Phi) is 7.44. The summed E-state index contributed by atoms with van der Waals surface area (Å²) in [7, 11) is -3.60. The fourth-order valence-electron chi connectivity index (χ4n) is 3.06. The maximum atomic E-state index is 12.2. The van der Waals surface area contributed by atoms with Crippen molar-refractivity contribution in [2.75, 3.05) is 17.2 Å². The highest BCUT2D eigenvalue weighted by molar-refractivity contribution is 7.90. The smallest absolute Gasteiger partial charge is 0.306 e. The van der Waals surface area contributed by atoms with E-state index in [2.05, 4.69) is 20.3 Å². The zero-order valence-electron chi connectivity index (χ0n) is 18.1. The maximum Gasteiger partial charge on any atom is 0.306 e. The number of nitrogens with zero attached hydrogens (tertiary/aromatic N) is 1. The van der Waals surface area contributed by atoms with E-state index in [1.54, 1.807) is 42.5 Å². The molecule has 174 valence electrons. The van der Waals surface area contributed by atoms with Crippen molar-refractivity contribution < 1.29 is 27.5 Å². The molecule has 0 radical (unpaired) electrons. The molecular weight excluding hydrogens is 448 g/mol. The summed E-state index contributed by atoms with van der Waals surface area (Å²) >= 11 is 0. The molecule has 0 aromatic heterocycles. The van der Waals surface area contributed by atoms with Crippen molar-refractivity contribution in [3.8, 4) is 0 Å². The SMILES string of the molecule is CC(=O)Nc1ccc(NC(=O)[C@H](C)OC(=O)CCCN=C2NS(=O)(=O)c3ccccc32)cc1. The van der Waals surface area contributed by atoms with Gasteiger partial charge in [0.25, 0.3) is 15.9 Å². The van der Waals surface area contributed by atoms with Crippen LogP contribution in [0.3, 0.4) is 0 Å². The molecule has 3 rings (SSSR count). The van der Waals surface area contributed by atoms with Gasteiger partial charge < -0.3 is 15.4 Å². The molecule has 2 aromatic rings. The predicted octanol–water partition coefficient (Wildman–Crippen LogP) is 2.03. The summed E-state index contributed by atoms with van der Waals surface area (Å²) in [6, 6.07) is 13.0. The summed E-state index contributed by atoms with van der Waals surface area (Å²) in [5, 5.41) is 5.25. The van der Waals surface area contributed by atoms with Crippen LogP contribution >= 0.6 is 0 Å². The van der Waals surface area contributed by atoms with E-state index in [1.807, 2.05) is 0 Å². The van der Waals surface area contributed by atoms with Crippen LogP contribution in [0.15, 0.2) is 58.4 Å². The lowest BCUT2D eigenvalue weighted by molar-refractivity contribution is -0.153. The molecule has 33 heavy (non-hydrogen) atoms. The summed E-state index contributed by atoms with van der Waals surface area (Å²) in [5.41, 5.74) is 1.58. The molecule has 3 N–H and O–H groups in total. The number of fused-ring (bicyclic) bond motifs is 1. The van der Waals surface area contributed by atoms with E-state index >= 15 is 0 Å². The third-order valence-corrected chi connectivity index (χ3v) is 6.02. The fraction of sp³-hybridized carbons (Fsp3) is 0.273. The van der Waals surface area contributed by atoms with E-state index in [0.717, 1.165) is 0 Å². The third kappa shape index (κ3) is 6.39. The Morgan fingerprint density at radius 3 is 2.33 bits per heavy atom. The van der Waals surface area contributed by atoms with Crippen LogP contribution in [0.5, 0.6) is 0 Å². The Labute approximate surface area is 191 Å². The largest absolute Gasteiger partial charge is 0.453 e. The van der Waals surface area contributed by atoms with Gasteiger partial charge in [-0.3, -0.25) is 24.1 Å². The van der Waals surface area contributed by atoms with Crippen molar-refractivity contribution in [1.82, 2.24) is 4.72 Å². The fourth-order valence-corrected chi connectivity index (χ4v) is 4.31. The Morgan fingerprint density at radius 2 is 1.67 bits per heavy atom. The van der Waals surface area contributed by atoms with Crippen LogP contribution in [0, 0.1) is 0 Å². The molecule has 0 saturated heterocycles. The quantitative estimate of drug-likeness (QED) is 0.396. The summed E-state index contributed by atoms with van der Waals surface area (Å²) < 4.78 is 31.7. The molecule has 0 fully saturated rings. The number of benzene rings is 2. The van der Waals surface area contributed by atoms with Crippen LogP contribution < -0.4 is 15.4 Å². The first-order valence-corrected chi connectivity index (χ1v) is 11.7. The van der Waals surface area contributed by atoms with E-state index in [4.69, 9.17) is 4.74 Å². The zero-order chi connectivity index (χ0) is 24.0. The minimum atomic E-state index is -3.60. The number of hydrogen-bond donors (Lipinski definition) is 3. The van der Waals surface area contributed by atoms with Gasteiger partial charge in [0.15, 0.2) is 6.10 Å². The number of nitrogens with one attached hydrogen (secondary N) is 3. The topological polar surface area (TPSA) is 143 Å². The average molecular weight is 473 g/mol. The Morgan fingerprint density at radius 1 is 1.03 bits per heavy atom. The average Bonchev–Trinajstić information content (AvgIpc) is 3.02. The standard InChI is InChI=1S/C22H24N4O6S/c1-14(22(29)25-17-11-9-16(10-12-17)24-15(2)27)32-20(28)8-5-13-23-21-18-6-3-4-7-19(18)33(30,31)26-21/h3-4,6-7,9-12,14H,5,8,13H2,1-2H3,(H,23,26)(H,24,27)(H,25,29)/t14-/m0/s1. The van der Waals surface area contributed by atoms with Crippen molar-refractivity contribution in [2.45, 2.75) is 37.7 Å². The third-order valence-electron chi connectivity index (χ3n) is 4.62.